The van der Waals surface area contributed by atoms with Crippen LogP contribution in [-0.4, -0.2) is 9.97 Å². The quantitative estimate of drug-likeness (QED) is 0.428. The van der Waals surface area contributed by atoms with Gasteiger partial charge in [0.05, 0.1) is 0 Å². The average Bonchev–Trinajstić information content (AvgIpc) is 2.60. The number of ether oxygens (including phenoxy) is 1. The summed E-state index contributed by atoms with van der Waals surface area (Å²) in [5.41, 5.74) is 2.94. The highest BCUT2D eigenvalue weighted by Gasteiger charge is 2.08. The Morgan fingerprint density at radius 1 is 1.04 bits per heavy atom. The smallest absolute Gasteiger partial charge is 0.223 e. The van der Waals surface area contributed by atoms with E-state index >= 15 is 0 Å². The van der Waals surface area contributed by atoms with Crippen LogP contribution in [0.2, 0.25) is 0 Å². The van der Waals surface area contributed by atoms with Crippen molar-refractivity contribution in [3.63, 3.8) is 0 Å². The summed E-state index contributed by atoms with van der Waals surface area (Å²) >= 11 is 1.47. The van der Waals surface area contributed by atoms with E-state index in [1.165, 1.54) is 23.9 Å². The molecule has 0 fully saturated rings. The minimum atomic E-state index is -0.232. The van der Waals surface area contributed by atoms with E-state index in [2.05, 4.69) is 9.97 Å². The van der Waals surface area contributed by atoms with E-state index in [-0.39, 0.29) is 5.82 Å². The maximum atomic E-state index is 13.3. The van der Waals surface area contributed by atoms with Crippen LogP contribution >= 0.6 is 11.8 Å². The summed E-state index contributed by atoms with van der Waals surface area (Å²) in [4.78, 5) is 9.01. The summed E-state index contributed by atoms with van der Waals surface area (Å²) in [6, 6.07) is 16.3. The third-order valence-corrected chi connectivity index (χ3v) is 4.48. The molecule has 0 spiro atoms. The topological polar surface area (TPSA) is 35.0 Å². The van der Waals surface area contributed by atoms with Crippen LogP contribution in [0, 0.1) is 12.7 Å². The molecule has 0 N–H and O–H groups in total. The summed E-state index contributed by atoms with van der Waals surface area (Å²) < 4.78 is 19.2. The van der Waals surface area contributed by atoms with Gasteiger partial charge in [-0.3, -0.25) is 0 Å². The van der Waals surface area contributed by atoms with Gasteiger partial charge in [-0.25, -0.2) is 9.37 Å². The van der Waals surface area contributed by atoms with Crippen LogP contribution in [0.25, 0.3) is 0 Å². The van der Waals surface area contributed by atoms with Gasteiger partial charge < -0.3 is 4.74 Å². The third kappa shape index (κ3) is 5.03. The van der Waals surface area contributed by atoms with Crippen molar-refractivity contribution in [1.29, 1.82) is 0 Å². The lowest BCUT2D eigenvalue weighted by Gasteiger charge is -2.09. The van der Waals surface area contributed by atoms with E-state index in [1.807, 2.05) is 50.2 Å². The van der Waals surface area contributed by atoms with Crippen molar-refractivity contribution in [3.8, 4) is 11.6 Å². The average molecular weight is 354 g/mol. The van der Waals surface area contributed by atoms with Crippen molar-refractivity contribution in [2.45, 2.75) is 31.2 Å². The molecule has 0 aliphatic heterocycles. The number of thioether (sulfide) groups is 1. The van der Waals surface area contributed by atoms with Crippen molar-refractivity contribution in [3.05, 3.63) is 77.2 Å². The number of hydrogen-bond acceptors (Lipinski definition) is 4. The van der Waals surface area contributed by atoms with Gasteiger partial charge in [-0.15, -0.1) is 0 Å². The Bertz CT molecular complexity index is 870. The van der Waals surface area contributed by atoms with Crippen molar-refractivity contribution >= 4 is 11.8 Å². The van der Waals surface area contributed by atoms with Crippen LogP contribution < -0.4 is 4.74 Å². The zero-order valence-electron chi connectivity index (χ0n) is 14.2. The molecule has 0 radical (unpaired) electrons. The van der Waals surface area contributed by atoms with Crippen LogP contribution in [0.1, 0.15) is 23.7 Å². The molecule has 1 heterocycles. The van der Waals surface area contributed by atoms with Gasteiger partial charge in [-0.1, -0.05) is 43.0 Å². The predicted octanol–water partition coefficient (Wildman–Crippen LogP) is 5.57. The molecule has 1 aromatic heterocycles. The van der Waals surface area contributed by atoms with Crippen molar-refractivity contribution in [1.82, 2.24) is 9.97 Å². The number of aromatic nitrogens is 2. The van der Waals surface area contributed by atoms with E-state index in [1.54, 1.807) is 6.07 Å². The number of nitrogens with zero attached hydrogens (tertiary/aromatic N) is 2. The number of hydrogen-bond donors (Lipinski definition) is 0. The molecule has 0 aliphatic carbocycles. The Labute approximate surface area is 151 Å². The summed E-state index contributed by atoms with van der Waals surface area (Å²) in [5, 5.41) is 0.631. The fraction of sp³-hybridized carbons (Fsp3) is 0.200. The molecule has 5 heteroatoms. The minimum absolute atomic E-state index is 0.232. The molecule has 0 bridgehead atoms. The van der Waals surface area contributed by atoms with Gasteiger partial charge in [0.25, 0.3) is 0 Å². The summed E-state index contributed by atoms with van der Waals surface area (Å²) in [7, 11) is 0. The lowest BCUT2D eigenvalue weighted by molar-refractivity contribution is 0.453. The first-order valence-electron chi connectivity index (χ1n) is 8.12. The summed E-state index contributed by atoms with van der Waals surface area (Å²) in [6.45, 7) is 4.06. The zero-order chi connectivity index (χ0) is 17.6. The SMILES string of the molecule is CCc1cc(Oc2cccc(C)c2)nc(SCc2cccc(F)c2)n1. The molecule has 0 atom stereocenters. The van der Waals surface area contributed by atoms with Crippen LogP contribution in [-0.2, 0) is 12.2 Å². The molecule has 3 nitrogen and oxygen atoms in total. The number of rotatable bonds is 6. The van der Waals surface area contributed by atoms with Gasteiger partial charge in [0.1, 0.15) is 11.6 Å². The molecule has 0 unspecified atom stereocenters. The maximum Gasteiger partial charge on any atom is 0.223 e. The molecule has 0 amide bonds. The van der Waals surface area contributed by atoms with Crippen molar-refractivity contribution in [2.24, 2.45) is 0 Å². The highest BCUT2D eigenvalue weighted by Crippen LogP contribution is 2.26. The van der Waals surface area contributed by atoms with Gasteiger partial charge >= 0.3 is 0 Å². The van der Waals surface area contributed by atoms with Crippen LogP contribution in [0.15, 0.2) is 59.8 Å². The van der Waals surface area contributed by atoms with Gasteiger partial charge in [0, 0.05) is 17.5 Å². The first-order chi connectivity index (χ1) is 12.1. The summed E-state index contributed by atoms with van der Waals surface area (Å²) in [5.74, 6) is 1.65. The van der Waals surface area contributed by atoms with Crippen LogP contribution in [0.3, 0.4) is 0 Å². The number of benzene rings is 2. The van der Waals surface area contributed by atoms with Crippen LogP contribution in [0.5, 0.6) is 11.6 Å². The monoisotopic (exact) mass is 354 g/mol. The van der Waals surface area contributed by atoms with E-state index in [0.717, 1.165) is 29.0 Å². The highest BCUT2D eigenvalue weighted by atomic mass is 32.2. The fourth-order valence-electron chi connectivity index (χ4n) is 2.32. The number of aryl methyl sites for hydroxylation is 2. The third-order valence-electron chi connectivity index (χ3n) is 3.57. The molecular weight excluding hydrogens is 335 g/mol. The Hall–Kier alpha value is -2.40. The Morgan fingerprint density at radius 2 is 1.88 bits per heavy atom. The molecule has 0 saturated carbocycles. The van der Waals surface area contributed by atoms with Gasteiger partial charge in [0.2, 0.25) is 5.88 Å². The van der Waals surface area contributed by atoms with E-state index in [0.29, 0.717) is 16.8 Å². The van der Waals surface area contributed by atoms with Gasteiger partial charge in [-0.05, 0) is 48.7 Å². The standard InChI is InChI=1S/C20H19FN2OS/c1-3-17-12-19(24-18-9-4-6-14(2)10-18)23-20(22-17)25-13-15-7-5-8-16(21)11-15/h4-12H,3,13H2,1-2H3. The lowest BCUT2D eigenvalue weighted by atomic mass is 10.2. The second-order valence-corrected chi connectivity index (χ2v) is 6.61. The highest BCUT2D eigenvalue weighted by molar-refractivity contribution is 7.98. The Morgan fingerprint density at radius 3 is 2.64 bits per heavy atom. The lowest BCUT2D eigenvalue weighted by Crippen LogP contribution is -1.97. The Kier molecular flexibility index (Phi) is 5.66. The van der Waals surface area contributed by atoms with E-state index < -0.39 is 0 Å². The first-order valence-corrected chi connectivity index (χ1v) is 9.10. The number of halogens is 1. The van der Waals surface area contributed by atoms with Crippen molar-refractivity contribution < 1.29 is 9.13 Å². The van der Waals surface area contributed by atoms with Gasteiger partial charge in [0.15, 0.2) is 5.16 Å². The normalized spacial score (nSPS) is 10.7. The maximum absolute atomic E-state index is 13.3. The molecule has 3 rings (SSSR count). The molecule has 0 saturated heterocycles. The predicted molar refractivity (Wildman–Crippen MR) is 98.6 cm³/mol. The molecule has 0 aliphatic rings. The Balaban J connectivity index is 1.77. The molecule has 2 aromatic carbocycles. The molecule has 3 aromatic rings. The van der Waals surface area contributed by atoms with E-state index in [9.17, 15) is 4.39 Å². The summed E-state index contributed by atoms with van der Waals surface area (Å²) in [6.07, 6.45) is 0.792. The van der Waals surface area contributed by atoms with Crippen LogP contribution in [0.4, 0.5) is 4.39 Å². The van der Waals surface area contributed by atoms with E-state index in [4.69, 9.17) is 4.74 Å². The second kappa shape index (κ2) is 8.12. The largest absolute Gasteiger partial charge is 0.439 e. The first kappa shape index (κ1) is 17.4. The zero-order valence-corrected chi connectivity index (χ0v) is 15.0. The minimum Gasteiger partial charge on any atom is -0.439 e. The van der Waals surface area contributed by atoms with Crippen molar-refractivity contribution in [2.75, 3.05) is 0 Å². The second-order valence-electron chi connectivity index (χ2n) is 5.67. The molecular formula is C20H19FN2OS. The molecule has 128 valence electrons. The fourth-order valence-corrected chi connectivity index (χ4v) is 3.13. The molecule has 25 heavy (non-hydrogen) atoms. The van der Waals surface area contributed by atoms with Gasteiger partial charge in [-0.2, -0.15) is 4.98 Å².